The number of allylic oxidation sites excluding steroid dienone is 3. The van der Waals surface area contributed by atoms with Gasteiger partial charge in [0, 0.05) is 0 Å². The molecule has 54 valence electrons. The molecule has 0 saturated heterocycles. The van der Waals surface area contributed by atoms with E-state index in [0.717, 1.165) is 18.4 Å². The van der Waals surface area contributed by atoms with E-state index in [-0.39, 0.29) is 0 Å². The van der Waals surface area contributed by atoms with Gasteiger partial charge in [0.25, 0.3) is 0 Å². The first-order valence-electron chi connectivity index (χ1n) is 3.66. The lowest BCUT2D eigenvalue weighted by atomic mass is 9.82. The molecule has 0 heteroatoms. The van der Waals surface area contributed by atoms with E-state index in [9.17, 15) is 0 Å². The molecular formula is C10H14. The SMILES string of the molecule is C=C1CC(C)CC(=C)C1=C. The molecule has 0 atom stereocenters. The maximum Gasteiger partial charge on any atom is -0.0250 e. The van der Waals surface area contributed by atoms with Crippen LogP contribution in [0.15, 0.2) is 36.5 Å². The van der Waals surface area contributed by atoms with Crippen molar-refractivity contribution in [3.8, 4) is 0 Å². The highest BCUT2D eigenvalue weighted by Gasteiger charge is 2.16. The first-order chi connectivity index (χ1) is 4.61. The molecule has 0 amide bonds. The molecule has 0 N–H and O–H groups in total. The Morgan fingerprint density at radius 1 is 1.10 bits per heavy atom. The number of hydrogen-bond acceptors (Lipinski definition) is 0. The Hall–Kier alpha value is -0.780. The van der Waals surface area contributed by atoms with Gasteiger partial charge in [-0.15, -0.1) is 0 Å². The molecule has 0 aliphatic heterocycles. The van der Waals surface area contributed by atoms with Crippen LogP contribution in [0.1, 0.15) is 19.8 Å². The van der Waals surface area contributed by atoms with Gasteiger partial charge in [-0.3, -0.25) is 0 Å². The minimum Gasteiger partial charge on any atom is -0.0952 e. The van der Waals surface area contributed by atoms with Crippen molar-refractivity contribution in [2.45, 2.75) is 19.8 Å². The average molecular weight is 134 g/mol. The van der Waals surface area contributed by atoms with Crippen LogP contribution in [-0.2, 0) is 0 Å². The first kappa shape index (κ1) is 7.33. The summed E-state index contributed by atoms with van der Waals surface area (Å²) >= 11 is 0. The summed E-state index contributed by atoms with van der Waals surface area (Å²) in [6.07, 6.45) is 2.19. The third-order valence-corrected chi connectivity index (χ3v) is 2.04. The second-order valence-electron chi connectivity index (χ2n) is 3.20. The van der Waals surface area contributed by atoms with Crippen molar-refractivity contribution in [2.75, 3.05) is 0 Å². The Morgan fingerprint density at radius 3 is 1.90 bits per heavy atom. The summed E-state index contributed by atoms with van der Waals surface area (Å²) in [5.41, 5.74) is 3.42. The van der Waals surface area contributed by atoms with Gasteiger partial charge in [-0.25, -0.2) is 0 Å². The summed E-state index contributed by atoms with van der Waals surface area (Å²) in [6, 6.07) is 0. The molecule has 0 radical (unpaired) electrons. The Kier molecular flexibility index (Phi) is 1.80. The van der Waals surface area contributed by atoms with E-state index < -0.39 is 0 Å². The van der Waals surface area contributed by atoms with Gasteiger partial charge in [-0.2, -0.15) is 0 Å². The van der Waals surface area contributed by atoms with Crippen LogP contribution in [-0.4, -0.2) is 0 Å². The van der Waals surface area contributed by atoms with Crippen molar-refractivity contribution in [3.05, 3.63) is 36.5 Å². The van der Waals surface area contributed by atoms with Gasteiger partial charge in [0.15, 0.2) is 0 Å². The van der Waals surface area contributed by atoms with E-state index in [2.05, 4.69) is 26.7 Å². The van der Waals surface area contributed by atoms with Crippen molar-refractivity contribution >= 4 is 0 Å². The highest BCUT2D eigenvalue weighted by molar-refractivity contribution is 5.44. The topological polar surface area (TPSA) is 0 Å². The zero-order valence-electron chi connectivity index (χ0n) is 6.61. The van der Waals surface area contributed by atoms with Crippen molar-refractivity contribution in [1.29, 1.82) is 0 Å². The summed E-state index contributed by atoms with van der Waals surface area (Å²) in [5, 5.41) is 0. The van der Waals surface area contributed by atoms with Gasteiger partial charge in [0.1, 0.15) is 0 Å². The minimum absolute atomic E-state index is 0.713. The Balaban J connectivity index is 2.76. The van der Waals surface area contributed by atoms with Crippen LogP contribution in [0.2, 0.25) is 0 Å². The van der Waals surface area contributed by atoms with Gasteiger partial charge in [0.2, 0.25) is 0 Å². The van der Waals surface area contributed by atoms with Crippen molar-refractivity contribution in [3.63, 3.8) is 0 Å². The molecular weight excluding hydrogens is 120 g/mol. The van der Waals surface area contributed by atoms with Crippen LogP contribution < -0.4 is 0 Å². The van der Waals surface area contributed by atoms with E-state index in [1.165, 1.54) is 11.1 Å². The molecule has 1 aliphatic rings. The quantitative estimate of drug-likeness (QED) is 0.477. The third-order valence-electron chi connectivity index (χ3n) is 2.04. The third kappa shape index (κ3) is 1.21. The fraction of sp³-hybridized carbons (Fsp3) is 0.400. The molecule has 10 heavy (non-hydrogen) atoms. The Morgan fingerprint density at radius 2 is 1.50 bits per heavy atom. The van der Waals surface area contributed by atoms with Gasteiger partial charge in [-0.1, -0.05) is 26.7 Å². The molecule has 1 aliphatic carbocycles. The van der Waals surface area contributed by atoms with Crippen LogP contribution in [0, 0.1) is 5.92 Å². The molecule has 0 aromatic heterocycles. The molecule has 0 aromatic rings. The second-order valence-corrected chi connectivity index (χ2v) is 3.20. The van der Waals surface area contributed by atoms with Crippen molar-refractivity contribution in [2.24, 2.45) is 5.92 Å². The molecule has 0 bridgehead atoms. The first-order valence-corrected chi connectivity index (χ1v) is 3.66. The lowest BCUT2D eigenvalue weighted by Crippen LogP contribution is -2.07. The van der Waals surface area contributed by atoms with Gasteiger partial charge < -0.3 is 0 Å². The molecule has 1 rings (SSSR count). The molecule has 1 saturated carbocycles. The van der Waals surface area contributed by atoms with Crippen LogP contribution >= 0.6 is 0 Å². The molecule has 0 nitrogen and oxygen atoms in total. The lowest BCUT2D eigenvalue weighted by Gasteiger charge is -2.23. The average Bonchev–Trinajstić information content (AvgIpc) is 1.82. The highest BCUT2D eigenvalue weighted by Crippen LogP contribution is 2.33. The highest BCUT2D eigenvalue weighted by atomic mass is 14.2. The van der Waals surface area contributed by atoms with Crippen LogP contribution in [0.5, 0.6) is 0 Å². The fourth-order valence-electron chi connectivity index (χ4n) is 1.41. The predicted molar refractivity (Wildman–Crippen MR) is 45.8 cm³/mol. The van der Waals surface area contributed by atoms with Crippen LogP contribution in [0.4, 0.5) is 0 Å². The van der Waals surface area contributed by atoms with E-state index in [4.69, 9.17) is 0 Å². The van der Waals surface area contributed by atoms with E-state index in [1.54, 1.807) is 0 Å². The summed E-state index contributed by atoms with van der Waals surface area (Å²) in [6.45, 7) is 14.0. The van der Waals surface area contributed by atoms with Gasteiger partial charge >= 0.3 is 0 Å². The maximum absolute atomic E-state index is 3.94. The second kappa shape index (κ2) is 2.45. The molecule has 0 heterocycles. The normalized spacial score (nSPS) is 21.9. The summed E-state index contributed by atoms with van der Waals surface area (Å²) in [4.78, 5) is 0. The number of hydrogen-bond donors (Lipinski definition) is 0. The van der Waals surface area contributed by atoms with E-state index in [0.29, 0.717) is 5.92 Å². The number of rotatable bonds is 0. The molecule has 0 aromatic carbocycles. The summed E-state index contributed by atoms with van der Waals surface area (Å²) in [7, 11) is 0. The largest absolute Gasteiger partial charge is 0.0952 e. The summed E-state index contributed by atoms with van der Waals surface area (Å²) in [5.74, 6) is 0.713. The monoisotopic (exact) mass is 134 g/mol. The zero-order chi connectivity index (χ0) is 7.72. The van der Waals surface area contributed by atoms with Crippen molar-refractivity contribution < 1.29 is 0 Å². The molecule has 0 unspecified atom stereocenters. The van der Waals surface area contributed by atoms with Gasteiger partial charge in [-0.05, 0) is 35.5 Å². The lowest BCUT2D eigenvalue weighted by molar-refractivity contribution is 0.556. The van der Waals surface area contributed by atoms with Crippen LogP contribution in [0.25, 0.3) is 0 Å². The summed E-state index contributed by atoms with van der Waals surface area (Å²) < 4.78 is 0. The van der Waals surface area contributed by atoms with Gasteiger partial charge in [0.05, 0.1) is 0 Å². The van der Waals surface area contributed by atoms with Crippen molar-refractivity contribution in [1.82, 2.24) is 0 Å². The maximum atomic E-state index is 3.94. The molecule has 1 fully saturated rings. The Labute approximate surface area is 62.9 Å². The minimum atomic E-state index is 0.713. The smallest absolute Gasteiger partial charge is 0.0250 e. The fourth-order valence-corrected chi connectivity index (χ4v) is 1.41. The Bertz CT molecular complexity index is 176. The predicted octanol–water partition coefficient (Wildman–Crippen LogP) is 3.08. The van der Waals surface area contributed by atoms with E-state index in [1.807, 2.05) is 0 Å². The standard InChI is InChI=1S/C10H14/c1-7-5-8(2)10(4)9(3)6-7/h7H,2-6H2,1H3. The van der Waals surface area contributed by atoms with E-state index >= 15 is 0 Å². The van der Waals surface area contributed by atoms with Crippen LogP contribution in [0.3, 0.4) is 0 Å². The zero-order valence-corrected chi connectivity index (χ0v) is 6.61. The molecule has 0 spiro atoms.